The Morgan fingerprint density at radius 1 is 1.64 bits per heavy atom. The first kappa shape index (κ1) is 9.05. The third-order valence-electron chi connectivity index (χ3n) is 2.42. The normalized spacial score (nSPS) is 14.4. The van der Waals surface area contributed by atoms with Crippen LogP contribution >= 0.6 is 0 Å². The first-order valence-electron chi connectivity index (χ1n) is 4.62. The molecule has 0 bridgehead atoms. The average Bonchev–Trinajstić information content (AvgIpc) is 2.53. The summed E-state index contributed by atoms with van der Waals surface area (Å²) in [6.07, 6.45) is 1.92. The highest BCUT2D eigenvalue weighted by Gasteiger charge is 2.24. The summed E-state index contributed by atoms with van der Waals surface area (Å²) < 4.78 is 6.29. The van der Waals surface area contributed by atoms with E-state index in [1.165, 1.54) is 7.11 Å². The van der Waals surface area contributed by atoms with Crippen LogP contribution in [-0.2, 0) is 18.2 Å². The molecule has 0 spiro atoms. The SMILES string of the molecule is COC(=O)c1c2c(nn1C)NCCC2. The van der Waals surface area contributed by atoms with Crippen LogP contribution in [0.2, 0.25) is 0 Å². The lowest BCUT2D eigenvalue weighted by atomic mass is 10.1. The highest BCUT2D eigenvalue weighted by atomic mass is 16.5. The highest BCUT2D eigenvalue weighted by Crippen LogP contribution is 2.24. The van der Waals surface area contributed by atoms with Gasteiger partial charge in [-0.05, 0) is 12.8 Å². The van der Waals surface area contributed by atoms with Crippen LogP contribution in [0.1, 0.15) is 22.5 Å². The number of nitrogens with one attached hydrogen (secondary N) is 1. The van der Waals surface area contributed by atoms with E-state index in [-0.39, 0.29) is 5.97 Å². The monoisotopic (exact) mass is 195 g/mol. The number of aromatic nitrogens is 2. The topological polar surface area (TPSA) is 56.1 Å². The molecule has 2 rings (SSSR count). The zero-order valence-corrected chi connectivity index (χ0v) is 8.33. The first-order chi connectivity index (χ1) is 6.74. The summed E-state index contributed by atoms with van der Waals surface area (Å²) >= 11 is 0. The van der Waals surface area contributed by atoms with E-state index in [2.05, 4.69) is 10.4 Å². The van der Waals surface area contributed by atoms with E-state index in [1.807, 2.05) is 0 Å². The fourth-order valence-electron chi connectivity index (χ4n) is 1.77. The van der Waals surface area contributed by atoms with Crippen molar-refractivity contribution < 1.29 is 9.53 Å². The van der Waals surface area contributed by atoms with Crippen LogP contribution in [0.4, 0.5) is 5.82 Å². The summed E-state index contributed by atoms with van der Waals surface area (Å²) in [5.74, 6) is 0.504. The standard InChI is InChI=1S/C9H13N3O2/c1-12-7(9(13)14-2)6-4-3-5-10-8(6)11-12/h3-5H2,1-2H3,(H,10,11). The summed E-state index contributed by atoms with van der Waals surface area (Å²) in [5.41, 5.74) is 1.54. The number of hydrogen-bond donors (Lipinski definition) is 1. The molecule has 0 saturated carbocycles. The number of carbonyl (C=O) groups is 1. The first-order valence-corrected chi connectivity index (χ1v) is 4.62. The fraction of sp³-hybridized carbons (Fsp3) is 0.556. The predicted octanol–water partition coefficient (Wildman–Crippen LogP) is 0.565. The summed E-state index contributed by atoms with van der Waals surface area (Å²) in [4.78, 5) is 11.5. The van der Waals surface area contributed by atoms with Gasteiger partial charge in [-0.2, -0.15) is 5.10 Å². The Labute approximate surface area is 82.0 Å². The van der Waals surface area contributed by atoms with Crippen molar-refractivity contribution in [3.63, 3.8) is 0 Å². The van der Waals surface area contributed by atoms with Crippen molar-refractivity contribution in [2.45, 2.75) is 12.8 Å². The Morgan fingerprint density at radius 3 is 3.14 bits per heavy atom. The van der Waals surface area contributed by atoms with Crippen molar-refractivity contribution in [3.05, 3.63) is 11.3 Å². The van der Waals surface area contributed by atoms with E-state index in [4.69, 9.17) is 4.74 Å². The smallest absolute Gasteiger partial charge is 0.356 e. The van der Waals surface area contributed by atoms with E-state index in [0.29, 0.717) is 5.69 Å². The van der Waals surface area contributed by atoms with Gasteiger partial charge in [-0.25, -0.2) is 4.79 Å². The molecule has 5 nitrogen and oxygen atoms in total. The molecule has 1 N–H and O–H groups in total. The van der Waals surface area contributed by atoms with Crippen molar-refractivity contribution >= 4 is 11.8 Å². The number of carbonyl (C=O) groups excluding carboxylic acids is 1. The second kappa shape index (κ2) is 3.32. The number of rotatable bonds is 1. The van der Waals surface area contributed by atoms with Gasteiger partial charge in [-0.15, -0.1) is 0 Å². The van der Waals surface area contributed by atoms with E-state index < -0.39 is 0 Å². The van der Waals surface area contributed by atoms with Gasteiger partial charge in [-0.3, -0.25) is 4.68 Å². The minimum absolute atomic E-state index is 0.315. The molecule has 0 amide bonds. The van der Waals surface area contributed by atoms with Crippen molar-refractivity contribution in [2.75, 3.05) is 19.0 Å². The number of anilines is 1. The third-order valence-corrected chi connectivity index (χ3v) is 2.42. The molecule has 0 atom stereocenters. The second-order valence-electron chi connectivity index (χ2n) is 3.32. The van der Waals surface area contributed by atoms with Crippen LogP contribution in [0.3, 0.4) is 0 Å². The van der Waals surface area contributed by atoms with E-state index >= 15 is 0 Å². The molecule has 1 aliphatic heterocycles. The number of nitrogens with zero attached hydrogens (tertiary/aromatic N) is 2. The number of methoxy groups -OCH3 is 1. The molecule has 1 aliphatic rings. The highest BCUT2D eigenvalue weighted by molar-refractivity contribution is 5.90. The Morgan fingerprint density at radius 2 is 2.43 bits per heavy atom. The van der Waals surface area contributed by atoms with Gasteiger partial charge in [0.05, 0.1) is 7.11 Å². The Bertz CT molecular complexity index is 370. The number of esters is 1. The number of ether oxygens (including phenoxy) is 1. The van der Waals surface area contributed by atoms with Crippen LogP contribution in [0.25, 0.3) is 0 Å². The Hall–Kier alpha value is -1.52. The molecular weight excluding hydrogens is 182 g/mol. The molecule has 0 unspecified atom stereocenters. The maximum atomic E-state index is 11.5. The lowest BCUT2D eigenvalue weighted by Gasteiger charge is -2.12. The number of hydrogen-bond acceptors (Lipinski definition) is 4. The van der Waals surface area contributed by atoms with E-state index in [0.717, 1.165) is 30.8 Å². The summed E-state index contributed by atoms with van der Waals surface area (Å²) in [6.45, 7) is 0.921. The van der Waals surface area contributed by atoms with Crippen molar-refractivity contribution in [1.29, 1.82) is 0 Å². The molecule has 1 aromatic rings. The molecule has 0 aliphatic carbocycles. The molecule has 0 fully saturated rings. The fourth-order valence-corrected chi connectivity index (χ4v) is 1.77. The quantitative estimate of drug-likeness (QED) is 0.665. The number of aryl methyl sites for hydroxylation is 1. The molecule has 0 aromatic carbocycles. The van der Waals surface area contributed by atoms with Gasteiger partial charge < -0.3 is 10.1 Å². The molecular formula is C9H13N3O2. The van der Waals surface area contributed by atoms with Crippen molar-refractivity contribution in [1.82, 2.24) is 9.78 Å². The molecule has 5 heteroatoms. The largest absolute Gasteiger partial charge is 0.464 e. The summed E-state index contributed by atoms with van der Waals surface area (Å²) in [5, 5.41) is 7.39. The van der Waals surface area contributed by atoms with Crippen LogP contribution in [-0.4, -0.2) is 29.4 Å². The molecule has 14 heavy (non-hydrogen) atoms. The third kappa shape index (κ3) is 1.25. The number of fused-ring (bicyclic) bond motifs is 1. The Kier molecular flexibility index (Phi) is 2.15. The zero-order valence-electron chi connectivity index (χ0n) is 8.33. The van der Waals surface area contributed by atoms with Gasteiger partial charge in [0, 0.05) is 19.2 Å². The molecule has 76 valence electrons. The minimum Gasteiger partial charge on any atom is -0.464 e. The molecule has 0 saturated heterocycles. The second-order valence-corrected chi connectivity index (χ2v) is 3.32. The van der Waals surface area contributed by atoms with Crippen molar-refractivity contribution in [2.24, 2.45) is 7.05 Å². The zero-order chi connectivity index (χ0) is 10.1. The van der Waals surface area contributed by atoms with Crippen LogP contribution < -0.4 is 5.32 Å². The van der Waals surface area contributed by atoms with E-state index in [9.17, 15) is 4.79 Å². The molecule has 1 aromatic heterocycles. The lowest BCUT2D eigenvalue weighted by Crippen LogP contribution is -2.14. The predicted molar refractivity (Wildman–Crippen MR) is 51.4 cm³/mol. The van der Waals surface area contributed by atoms with Gasteiger partial charge in [0.15, 0.2) is 11.5 Å². The lowest BCUT2D eigenvalue weighted by molar-refractivity contribution is 0.0587. The maximum absolute atomic E-state index is 11.5. The van der Waals surface area contributed by atoms with Crippen LogP contribution in [0.5, 0.6) is 0 Å². The molecule has 0 radical (unpaired) electrons. The van der Waals surface area contributed by atoms with Crippen LogP contribution in [0.15, 0.2) is 0 Å². The van der Waals surface area contributed by atoms with Gasteiger partial charge >= 0.3 is 5.97 Å². The van der Waals surface area contributed by atoms with Gasteiger partial charge in [0.25, 0.3) is 0 Å². The summed E-state index contributed by atoms with van der Waals surface area (Å²) in [6, 6.07) is 0. The van der Waals surface area contributed by atoms with Gasteiger partial charge in [0.2, 0.25) is 0 Å². The minimum atomic E-state index is -0.315. The van der Waals surface area contributed by atoms with Gasteiger partial charge in [0.1, 0.15) is 0 Å². The maximum Gasteiger partial charge on any atom is 0.356 e. The Balaban J connectivity index is 2.47. The summed E-state index contributed by atoms with van der Waals surface area (Å²) in [7, 11) is 3.14. The van der Waals surface area contributed by atoms with E-state index in [1.54, 1.807) is 11.7 Å². The van der Waals surface area contributed by atoms with Gasteiger partial charge in [-0.1, -0.05) is 0 Å². The van der Waals surface area contributed by atoms with Crippen LogP contribution in [0, 0.1) is 0 Å². The van der Waals surface area contributed by atoms with Crippen molar-refractivity contribution in [3.8, 4) is 0 Å². The average molecular weight is 195 g/mol. The molecule has 2 heterocycles.